The molecule has 2 saturated carbocycles. The maximum Gasteiger partial charge on any atom is 0.0406 e. The Kier molecular flexibility index (Phi) is 3.61. The SMILES string of the molecule is CC1(C)CCCC1NC1CC(c2ccc(Cl)cc2)C1. The summed E-state index contributed by atoms with van der Waals surface area (Å²) in [5, 5.41) is 4.73. The highest BCUT2D eigenvalue weighted by Crippen LogP contribution is 2.42. The van der Waals surface area contributed by atoms with E-state index in [1.54, 1.807) is 0 Å². The molecule has 1 aromatic carbocycles. The predicted molar refractivity (Wildman–Crippen MR) is 81.8 cm³/mol. The minimum atomic E-state index is 0.491. The molecule has 1 aromatic rings. The molecule has 2 fully saturated rings. The van der Waals surface area contributed by atoms with Gasteiger partial charge in [-0.15, -0.1) is 0 Å². The average molecular weight is 278 g/mol. The second-order valence-electron chi connectivity index (χ2n) is 7.02. The molecule has 1 N–H and O–H groups in total. The molecule has 0 radical (unpaired) electrons. The van der Waals surface area contributed by atoms with Gasteiger partial charge in [-0.1, -0.05) is 44.0 Å². The van der Waals surface area contributed by atoms with Gasteiger partial charge in [-0.2, -0.15) is 0 Å². The maximum atomic E-state index is 5.94. The van der Waals surface area contributed by atoms with E-state index in [0.29, 0.717) is 5.41 Å². The zero-order valence-corrected chi connectivity index (χ0v) is 12.7. The lowest BCUT2D eigenvalue weighted by Crippen LogP contribution is -2.49. The molecule has 1 atom stereocenters. The van der Waals surface area contributed by atoms with Gasteiger partial charge in [0.05, 0.1) is 0 Å². The van der Waals surface area contributed by atoms with Crippen molar-refractivity contribution in [1.82, 2.24) is 5.32 Å². The Bertz CT molecular complexity index is 431. The van der Waals surface area contributed by atoms with E-state index in [1.165, 1.54) is 37.7 Å². The summed E-state index contributed by atoms with van der Waals surface area (Å²) in [6.45, 7) is 4.82. The van der Waals surface area contributed by atoms with E-state index in [1.807, 2.05) is 12.1 Å². The third-order valence-corrected chi connectivity index (χ3v) is 5.43. The molecule has 2 heteroatoms. The average Bonchev–Trinajstić information content (AvgIpc) is 2.64. The van der Waals surface area contributed by atoms with Crippen LogP contribution in [0, 0.1) is 5.41 Å². The first-order chi connectivity index (χ1) is 9.04. The molecule has 0 spiro atoms. The lowest BCUT2D eigenvalue weighted by Gasteiger charge is -2.41. The van der Waals surface area contributed by atoms with Gasteiger partial charge >= 0.3 is 0 Å². The Morgan fingerprint density at radius 1 is 1.16 bits per heavy atom. The second kappa shape index (κ2) is 5.10. The fourth-order valence-corrected chi connectivity index (χ4v) is 3.81. The fraction of sp³-hybridized carbons (Fsp3) is 0.647. The van der Waals surface area contributed by atoms with E-state index < -0.39 is 0 Å². The van der Waals surface area contributed by atoms with Crippen molar-refractivity contribution in [2.75, 3.05) is 0 Å². The number of hydrogen-bond donors (Lipinski definition) is 1. The molecule has 0 heterocycles. The molecule has 3 rings (SSSR count). The van der Waals surface area contributed by atoms with Crippen LogP contribution < -0.4 is 5.32 Å². The van der Waals surface area contributed by atoms with Gasteiger partial charge in [-0.25, -0.2) is 0 Å². The number of hydrogen-bond acceptors (Lipinski definition) is 1. The van der Waals surface area contributed by atoms with E-state index in [-0.39, 0.29) is 0 Å². The Morgan fingerprint density at radius 2 is 1.84 bits per heavy atom. The summed E-state index contributed by atoms with van der Waals surface area (Å²) in [4.78, 5) is 0. The van der Waals surface area contributed by atoms with Crippen molar-refractivity contribution in [3.05, 3.63) is 34.9 Å². The zero-order chi connectivity index (χ0) is 13.5. The summed E-state index contributed by atoms with van der Waals surface area (Å²) in [6.07, 6.45) is 6.69. The Hall–Kier alpha value is -0.530. The highest BCUT2D eigenvalue weighted by Gasteiger charge is 2.38. The Labute approximate surface area is 121 Å². The first kappa shape index (κ1) is 13.5. The molecule has 0 aromatic heterocycles. The van der Waals surface area contributed by atoms with Gasteiger partial charge in [0.15, 0.2) is 0 Å². The normalized spacial score (nSPS) is 33.1. The topological polar surface area (TPSA) is 12.0 Å². The van der Waals surface area contributed by atoms with Gasteiger partial charge < -0.3 is 5.32 Å². The molecule has 1 unspecified atom stereocenters. The highest BCUT2D eigenvalue weighted by atomic mass is 35.5. The van der Waals surface area contributed by atoms with Crippen LogP contribution in [0.5, 0.6) is 0 Å². The minimum absolute atomic E-state index is 0.491. The molecule has 2 aliphatic carbocycles. The summed E-state index contributed by atoms with van der Waals surface area (Å²) in [5.41, 5.74) is 1.94. The van der Waals surface area contributed by atoms with Crippen LogP contribution in [0.4, 0.5) is 0 Å². The van der Waals surface area contributed by atoms with Gasteiger partial charge in [-0.3, -0.25) is 0 Å². The smallest absolute Gasteiger partial charge is 0.0406 e. The van der Waals surface area contributed by atoms with E-state index >= 15 is 0 Å². The second-order valence-corrected chi connectivity index (χ2v) is 7.45. The summed E-state index contributed by atoms with van der Waals surface area (Å²) in [7, 11) is 0. The molecule has 0 bridgehead atoms. The quantitative estimate of drug-likeness (QED) is 0.840. The highest BCUT2D eigenvalue weighted by molar-refractivity contribution is 6.30. The lowest BCUT2D eigenvalue weighted by molar-refractivity contribution is 0.202. The molecule has 104 valence electrons. The van der Waals surface area contributed by atoms with Crippen LogP contribution >= 0.6 is 11.6 Å². The predicted octanol–water partition coefficient (Wildman–Crippen LogP) is 4.75. The third kappa shape index (κ3) is 2.83. The van der Waals surface area contributed by atoms with Crippen LogP contribution in [0.3, 0.4) is 0 Å². The first-order valence-electron chi connectivity index (χ1n) is 7.56. The van der Waals surface area contributed by atoms with Gasteiger partial charge in [0.25, 0.3) is 0 Å². The Balaban J connectivity index is 1.52. The van der Waals surface area contributed by atoms with Gasteiger partial charge in [0.1, 0.15) is 0 Å². The van der Waals surface area contributed by atoms with Crippen molar-refractivity contribution in [3.8, 4) is 0 Å². The molecule has 1 nitrogen and oxygen atoms in total. The third-order valence-electron chi connectivity index (χ3n) is 5.17. The summed E-state index contributed by atoms with van der Waals surface area (Å²) in [6, 6.07) is 9.84. The number of rotatable bonds is 3. The van der Waals surface area contributed by atoms with Crippen LogP contribution in [0.1, 0.15) is 57.4 Å². The summed E-state index contributed by atoms with van der Waals surface area (Å²) >= 11 is 5.94. The van der Waals surface area contributed by atoms with Crippen molar-refractivity contribution in [2.24, 2.45) is 5.41 Å². The van der Waals surface area contributed by atoms with Crippen LogP contribution in [0.25, 0.3) is 0 Å². The standard InChI is InChI=1S/C17H24ClN/c1-17(2)9-3-4-16(17)19-15-10-13(11-15)12-5-7-14(18)8-6-12/h5-8,13,15-16,19H,3-4,9-11H2,1-2H3. The molecule has 2 aliphatic rings. The van der Waals surface area contributed by atoms with Crippen molar-refractivity contribution in [2.45, 2.75) is 64.0 Å². The zero-order valence-electron chi connectivity index (χ0n) is 12.0. The monoisotopic (exact) mass is 277 g/mol. The summed E-state index contributed by atoms with van der Waals surface area (Å²) in [5.74, 6) is 0.735. The number of nitrogens with one attached hydrogen (secondary N) is 1. The Morgan fingerprint density at radius 3 is 2.42 bits per heavy atom. The molecule has 0 amide bonds. The van der Waals surface area contributed by atoms with Crippen LogP contribution in [0.15, 0.2) is 24.3 Å². The first-order valence-corrected chi connectivity index (χ1v) is 7.94. The van der Waals surface area contributed by atoms with Crippen molar-refractivity contribution < 1.29 is 0 Å². The van der Waals surface area contributed by atoms with E-state index in [2.05, 4.69) is 31.3 Å². The van der Waals surface area contributed by atoms with Crippen molar-refractivity contribution >= 4 is 11.6 Å². The van der Waals surface area contributed by atoms with Gasteiger partial charge in [-0.05, 0) is 54.7 Å². The maximum absolute atomic E-state index is 5.94. The number of benzene rings is 1. The van der Waals surface area contributed by atoms with Gasteiger partial charge in [0, 0.05) is 17.1 Å². The largest absolute Gasteiger partial charge is 0.311 e. The molecular weight excluding hydrogens is 254 g/mol. The van der Waals surface area contributed by atoms with Crippen molar-refractivity contribution in [1.29, 1.82) is 0 Å². The van der Waals surface area contributed by atoms with Gasteiger partial charge in [0.2, 0.25) is 0 Å². The molecule has 19 heavy (non-hydrogen) atoms. The lowest BCUT2D eigenvalue weighted by atomic mass is 9.74. The van der Waals surface area contributed by atoms with E-state index in [4.69, 9.17) is 11.6 Å². The molecule has 0 saturated heterocycles. The van der Waals surface area contributed by atoms with Crippen LogP contribution in [-0.2, 0) is 0 Å². The summed E-state index contributed by atoms with van der Waals surface area (Å²) < 4.78 is 0. The number of halogens is 1. The minimum Gasteiger partial charge on any atom is -0.311 e. The molecule has 0 aliphatic heterocycles. The van der Waals surface area contributed by atoms with E-state index in [9.17, 15) is 0 Å². The van der Waals surface area contributed by atoms with Crippen LogP contribution in [0.2, 0.25) is 5.02 Å². The fourth-order valence-electron chi connectivity index (χ4n) is 3.68. The van der Waals surface area contributed by atoms with Crippen molar-refractivity contribution in [3.63, 3.8) is 0 Å². The van der Waals surface area contributed by atoms with E-state index in [0.717, 1.165) is 23.0 Å². The van der Waals surface area contributed by atoms with Crippen LogP contribution in [-0.4, -0.2) is 12.1 Å². The molecular formula is C17H24ClN.